The maximum atomic E-state index is 11.2. The van der Waals surface area contributed by atoms with Gasteiger partial charge in [0.1, 0.15) is 6.04 Å². The Morgan fingerprint density at radius 3 is 2.73 bits per heavy atom. The van der Waals surface area contributed by atoms with Gasteiger partial charge in [0.25, 0.3) is 0 Å². The second kappa shape index (κ2) is 4.45. The normalized spacial score (nSPS) is 11.9. The van der Waals surface area contributed by atoms with E-state index in [-0.39, 0.29) is 0 Å². The van der Waals surface area contributed by atoms with Crippen molar-refractivity contribution in [3.05, 3.63) is 12.4 Å². The molecule has 0 bridgehead atoms. The smallest absolute Gasteiger partial charge is 0.325 e. The summed E-state index contributed by atoms with van der Waals surface area (Å²) in [7, 11) is 1.71. The number of carbonyl (C=O) groups is 2. The lowest BCUT2D eigenvalue weighted by molar-refractivity contribution is -0.138. The van der Waals surface area contributed by atoms with Gasteiger partial charge in [-0.3, -0.25) is 9.48 Å². The Kier molecular flexibility index (Phi) is 3.27. The van der Waals surface area contributed by atoms with Crippen molar-refractivity contribution in [2.75, 3.05) is 5.32 Å². The third-order valence-electron chi connectivity index (χ3n) is 1.68. The number of nitrogens with zero attached hydrogens (tertiary/aromatic N) is 2. The second-order valence-electron chi connectivity index (χ2n) is 3.06. The highest BCUT2D eigenvalue weighted by Gasteiger charge is 2.13. The Hall–Kier alpha value is -2.05. The monoisotopic (exact) mass is 212 g/mol. The topological polar surface area (TPSA) is 96.3 Å². The lowest BCUT2D eigenvalue weighted by Gasteiger charge is -2.08. The number of aromatic nitrogens is 2. The standard InChI is InChI=1S/C8H12N4O3/c1-5(7(13)14)10-8(15)11-6-3-9-12(2)4-6/h3-5H,1-2H3,(H,13,14)(H2,10,11,15)/t5-/m0/s1. The molecule has 7 heteroatoms. The van der Waals surface area contributed by atoms with Gasteiger partial charge in [-0.25, -0.2) is 4.79 Å². The molecule has 1 atom stereocenters. The van der Waals surface area contributed by atoms with Gasteiger partial charge in [-0.1, -0.05) is 0 Å². The van der Waals surface area contributed by atoms with Crippen molar-refractivity contribution in [3.63, 3.8) is 0 Å². The van der Waals surface area contributed by atoms with Crippen molar-refractivity contribution in [3.8, 4) is 0 Å². The van der Waals surface area contributed by atoms with Gasteiger partial charge >= 0.3 is 12.0 Å². The zero-order chi connectivity index (χ0) is 11.4. The Morgan fingerprint density at radius 2 is 2.27 bits per heavy atom. The molecule has 0 aliphatic rings. The maximum Gasteiger partial charge on any atom is 0.325 e. The number of carboxylic acids is 1. The molecule has 0 aromatic carbocycles. The molecule has 0 saturated heterocycles. The van der Waals surface area contributed by atoms with Crippen LogP contribution in [0.3, 0.4) is 0 Å². The molecule has 2 amide bonds. The first-order valence-electron chi connectivity index (χ1n) is 4.28. The molecule has 0 aliphatic carbocycles. The Labute approximate surface area is 86.1 Å². The molecule has 0 saturated carbocycles. The SMILES string of the molecule is C[C@H](NC(=O)Nc1cnn(C)c1)C(=O)O. The summed E-state index contributed by atoms with van der Waals surface area (Å²) in [6.45, 7) is 1.38. The summed E-state index contributed by atoms with van der Waals surface area (Å²) in [5.74, 6) is -1.09. The van der Waals surface area contributed by atoms with E-state index < -0.39 is 18.0 Å². The predicted molar refractivity (Wildman–Crippen MR) is 52.5 cm³/mol. The number of carbonyl (C=O) groups excluding carboxylic acids is 1. The number of aliphatic carboxylic acids is 1. The maximum absolute atomic E-state index is 11.2. The van der Waals surface area contributed by atoms with Crippen LogP contribution in [-0.4, -0.2) is 32.9 Å². The van der Waals surface area contributed by atoms with E-state index in [2.05, 4.69) is 15.7 Å². The van der Waals surface area contributed by atoms with Gasteiger partial charge in [0, 0.05) is 13.2 Å². The van der Waals surface area contributed by atoms with Crippen LogP contribution in [0, 0.1) is 0 Å². The van der Waals surface area contributed by atoms with Crippen LogP contribution in [0.15, 0.2) is 12.4 Å². The number of aryl methyl sites for hydroxylation is 1. The van der Waals surface area contributed by atoms with Crippen molar-refractivity contribution in [1.29, 1.82) is 0 Å². The van der Waals surface area contributed by atoms with Gasteiger partial charge in [-0.05, 0) is 6.92 Å². The van der Waals surface area contributed by atoms with Gasteiger partial charge in [0.05, 0.1) is 11.9 Å². The third kappa shape index (κ3) is 3.29. The Bertz CT molecular complexity index is 374. The van der Waals surface area contributed by atoms with Gasteiger partial charge in [-0.2, -0.15) is 5.10 Å². The van der Waals surface area contributed by atoms with Crippen LogP contribution in [0.25, 0.3) is 0 Å². The highest BCUT2D eigenvalue weighted by atomic mass is 16.4. The summed E-state index contributed by atoms with van der Waals surface area (Å²) in [6.07, 6.45) is 3.07. The zero-order valence-corrected chi connectivity index (χ0v) is 8.39. The van der Waals surface area contributed by atoms with Crippen LogP contribution < -0.4 is 10.6 Å². The highest BCUT2D eigenvalue weighted by molar-refractivity contribution is 5.91. The number of rotatable bonds is 3. The number of nitrogens with one attached hydrogen (secondary N) is 2. The van der Waals surface area contributed by atoms with Gasteiger partial charge < -0.3 is 15.7 Å². The minimum atomic E-state index is -1.09. The summed E-state index contributed by atoms with van der Waals surface area (Å²) >= 11 is 0. The van der Waals surface area contributed by atoms with Gasteiger partial charge in [-0.15, -0.1) is 0 Å². The first-order valence-corrected chi connectivity index (χ1v) is 4.28. The average Bonchev–Trinajstić information content (AvgIpc) is 2.50. The molecule has 3 N–H and O–H groups in total. The molecule has 82 valence electrons. The summed E-state index contributed by atoms with van der Waals surface area (Å²) in [5.41, 5.74) is 0.507. The van der Waals surface area contributed by atoms with Gasteiger partial charge in [0.2, 0.25) is 0 Å². The van der Waals surface area contributed by atoms with Crippen LogP contribution in [0.5, 0.6) is 0 Å². The molecule has 0 unspecified atom stereocenters. The predicted octanol–water partition coefficient (Wildman–Crippen LogP) is 0.0147. The minimum absolute atomic E-state index is 0.507. The van der Waals surface area contributed by atoms with Crippen molar-refractivity contribution in [2.45, 2.75) is 13.0 Å². The fraction of sp³-hybridized carbons (Fsp3) is 0.375. The molecule has 1 heterocycles. The number of carboxylic acid groups (broad SMARTS) is 1. The van der Waals surface area contributed by atoms with E-state index in [0.29, 0.717) is 5.69 Å². The fourth-order valence-corrected chi connectivity index (χ4v) is 0.911. The first-order chi connectivity index (χ1) is 6.99. The van der Waals surface area contributed by atoms with E-state index in [9.17, 15) is 9.59 Å². The molecular formula is C8H12N4O3. The van der Waals surface area contributed by atoms with Gasteiger partial charge in [0.15, 0.2) is 0 Å². The number of anilines is 1. The molecule has 0 spiro atoms. The van der Waals surface area contributed by atoms with Crippen LogP contribution >= 0.6 is 0 Å². The summed E-state index contributed by atoms with van der Waals surface area (Å²) in [6, 6.07) is -1.50. The van der Waals surface area contributed by atoms with E-state index in [1.54, 1.807) is 13.2 Å². The number of hydrogen-bond donors (Lipinski definition) is 3. The van der Waals surface area contributed by atoms with Crippen molar-refractivity contribution in [1.82, 2.24) is 15.1 Å². The molecule has 1 rings (SSSR count). The zero-order valence-electron chi connectivity index (χ0n) is 8.39. The molecule has 0 radical (unpaired) electrons. The summed E-state index contributed by atoms with van der Waals surface area (Å²) < 4.78 is 1.52. The lowest BCUT2D eigenvalue weighted by Crippen LogP contribution is -2.40. The summed E-state index contributed by atoms with van der Waals surface area (Å²) in [5, 5.41) is 17.1. The van der Waals surface area contributed by atoms with E-state index >= 15 is 0 Å². The number of urea groups is 1. The third-order valence-corrected chi connectivity index (χ3v) is 1.68. The second-order valence-corrected chi connectivity index (χ2v) is 3.06. The van der Waals surface area contributed by atoms with Crippen LogP contribution in [0.1, 0.15) is 6.92 Å². The molecule has 7 nitrogen and oxygen atoms in total. The molecule has 15 heavy (non-hydrogen) atoms. The van der Waals surface area contributed by atoms with Crippen LogP contribution in [0.4, 0.5) is 10.5 Å². The number of amides is 2. The quantitative estimate of drug-likeness (QED) is 0.657. The molecule has 0 fully saturated rings. The van der Waals surface area contributed by atoms with E-state index in [4.69, 9.17) is 5.11 Å². The minimum Gasteiger partial charge on any atom is -0.480 e. The molecule has 0 aliphatic heterocycles. The Balaban J connectivity index is 2.46. The van der Waals surface area contributed by atoms with Crippen LogP contribution in [0.2, 0.25) is 0 Å². The average molecular weight is 212 g/mol. The number of hydrogen-bond acceptors (Lipinski definition) is 3. The fourth-order valence-electron chi connectivity index (χ4n) is 0.911. The first kappa shape index (κ1) is 11.0. The van der Waals surface area contributed by atoms with Crippen molar-refractivity contribution >= 4 is 17.7 Å². The van der Waals surface area contributed by atoms with Crippen molar-refractivity contribution < 1.29 is 14.7 Å². The molecule has 1 aromatic heterocycles. The molecular weight excluding hydrogens is 200 g/mol. The van der Waals surface area contributed by atoms with E-state index in [1.165, 1.54) is 17.8 Å². The van der Waals surface area contributed by atoms with Crippen LogP contribution in [-0.2, 0) is 11.8 Å². The lowest BCUT2D eigenvalue weighted by atomic mass is 10.3. The van der Waals surface area contributed by atoms with E-state index in [1.807, 2.05) is 0 Å². The molecule has 1 aromatic rings. The highest BCUT2D eigenvalue weighted by Crippen LogP contribution is 2.02. The largest absolute Gasteiger partial charge is 0.480 e. The summed E-state index contributed by atoms with van der Waals surface area (Å²) in [4.78, 5) is 21.6. The van der Waals surface area contributed by atoms with Crippen molar-refractivity contribution in [2.24, 2.45) is 7.05 Å². The Morgan fingerprint density at radius 1 is 1.60 bits per heavy atom. The van der Waals surface area contributed by atoms with E-state index in [0.717, 1.165) is 0 Å².